The van der Waals surface area contributed by atoms with Crippen LogP contribution in [0.3, 0.4) is 0 Å². The normalized spacial score (nSPS) is 10.7. The van der Waals surface area contributed by atoms with Gasteiger partial charge in [0.1, 0.15) is 22.8 Å². The molecule has 3 rings (SSSR count). The van der Waals surface area contributed by atoms with Gasteiger partial charge in [0.15, 0.2) is 5.82 Å². The summed E-state index contributed by atoms with van der Waals surface area (Å²) in [6.45, 7) is 4.51. The van der Waals surface area contributed by atoms with Crippen LogP contribution in [0.1, 0.15) is 5.82 Å². The zero-order chi connectivity index (χ0) is 24.0. The third-order valence-electron chi connectivity index (χ3n) is 4.65. The first-order valence-electron chi connectivity index (χ1n) is 9.83. The second kappa shape index (κ2) is 11.1. The minimum atomic E-state index is -0.318. The summed E-state index contributed by atoms with van der Waals surface area (Å²) in [5.74, 6) is 1.37. The Morgan fingerprint density at radius 3 is 2.42 bits per heavy atom. The summed E-state index contributed by atoms with van der Waals surface area (Å²) in [4.78, 5) is 25.1. The minimum absolute atomic E-state index is 0.144. The molecule has 0 saturated carbocycles. The van der Waals surface area contributed by atoms with E-state index in [1.165, 1.54) is 20.3 Å². The van der Waals surface area contributed by atoms with Crippen molar-refractivity contribution in [1.29, 1.82) is 0 Å². The maximum absolute atomic E-state index is 11.5. The maximum Gasteiger partial charge on any atom is 0.243 e. The number of nitrogens with one attached hydrogen (secondary N) is 2. The van der Waals surface area contributed by atoms with E-state index in [1.54, 1.807) is 25.4 Å². The second-order valence-corrected chi connectivity index (χ2v) is 7.46. The van der Waals surface area contributed by atoms with Crippen molar-refractivity contribution in [3.05, 3.63) is 46.9 Å². The average molecular weight is 492 g/mol. The summed E-state index contributed by atoms with van der Waals surface area (Å²) < 4.78 is 15.9. The largest absolute Gasteiger partial charge is 0.495 e. The van der Waals surface area contributed by atoms with E-state index in [4.69, 9.17) is 42.4 Å². The van der Waals surface area contributed by atoms with Gasteiger partial charge in [-0.1, -0.05) is 29.8 Å². The van der Waals surface area contributed by atoms with Gasteiger partial charge in [-0.25, -0.2) is 15.0 Å². The van der Waals surface area contributed by atoms with Gasteiger partial charge in [-0.15, -0.1) is 0 Å². The Kier molecular flexibility index (Phi) is 8.26. The summed E-state index contributed by atoms with van der Waals surface area (Å²) >= 11 is 13.2. The van der Waals surface area contributed by atoms with Crippen LogP contribution in [-0.2, 0) is 16.1 Å². The molecule has 0 aliphatic heterocycles. The van der Waals surface area contributed by atoms with Crippen molar-refractivity contribution in [2.24, 2.45) is 0 Å². The molecule has 2 aromatic heterocycles. The molecule has 174 valence electrons. The number of methoxy groups -OCH3 is 3. The van der Waals surface area contributed by atoms with Crippen molar-refractivity contribution in [2.45, 2.75) is 6.54 Å². The van der Waals surface area contributed by atoms with Crippen LogP contribution in [0.25, 0.3) is 22.2 Å². The molecule has 3 aromatic rings. The first-order valence-corrected chi connectivity index (χ1v) is 10.6. The molecule has 0 fully saturated rings. The zero-order valence-corrected chi connectivity index (χ0v) is 19.9. The number of ether oxygens (including phenoxy) is 3. The lowest BCUT2D eigenvalue weighted by molar-refractivity contribution is -0.116. The van der Waals surface area contributed by atoms with E-state index in [0.29, 0.717) is 68.5 Å². The van der Waals surface area contributed by atoms with Gasteiger partial charge in [-0.2, -0.15) is 0 Å². The van der Waals surface area contributed by atoms with Gasteiger partial charge in [-0.3, -0.25) is 4.79 Å². The third kappa shape index (κ3) is 5.44. The number of amides is 1. The first-order chi connectivity index (χ1) is 15.9. The molecule has 0 bridgehead atoms. The summed E-state index contributed by atoms with van der Waals surface area (Å²) in [6, 6.07) is 3.38. The highest BCUT2D eigenvalue weighted by Crippen LogP contribution is 2.46. The lowest BCUT2D eigenvalue weighted by atomic mass is 10.1. The van der Waals surface area contributed by atoms with Crippen LogP contribution in [0.15, 0.2) is 31.0 Å². The number of aromatic nitrogens is 3. The van der Waals surface area contributed by atoms with Crippen LogP contribution >= 0.6 is 23.2 Å². The van der Waals surface area contributed by atoms with Crippen LogP contribution in [0, 0.1) is 0 Å². The number of carbonyl (C=O) groups is 1. The molecular weight excluding hydrogens is 469 g/mol. The van der Waals surface area contributed by atoms with Gasteiger partial charge in [0.05, 0.1) is 43.1 Å². The fourth-order valence-electron chi connectivity index (χ4n) is 3.03. The summed E-state index contributed by atoms with van der Waals surface area (Å²) in [5.41, 5.74) is 1.49. The van der Waals surface area contributed by atoms with Crippen molar-refractivity contribution >= 4 is 45.8 Å². The van der Waals surface area contributed by atoms with E-state index < -0.39 is 0 Å². The number of pyridine rings is 1. The Labute approximate surface area is 201 Å². The fraction of sp³-hybridized carbons (Fsp3) is 0.273. The molecular formula is C22H23Cl2N5O4. The van der Waals surface area contributed by atoms with E-state index >= 15 is 0 Å². The highest BCUT2D eigenvalue weighted by atomic mass is 35.5. The quantitative estimate of drug-likeness (QED) is 0.325. The number of hydrogen-bond donors (Lipinski definition) is 2. The molecule has 0 saturated heterocycles. The molecule has 1 aromatic carbocycles. The molecule has 33 heavy (non-hydrogen) atoms. The summed E-state index contributed by atoms with van der Waals surface area (Å²) in [5, 5.41) is 7.15. The van der Waals surface area contributed by atoms with Crippen LogP contribution < -0.4 is 20.1 Å². The fourth-order valence-corrected chi connectivity index (χ4v) is 3.73. The molecule has 1 amide bonds. The number of halogens is 2. The predicted molar refractivity (Wildman–Crippen MR) is 128 cm³/mol. The number of benzene rings is 1. The molecule has 0 unspecified atom stereocenters. The first kappa shape index (κ1) is 24.5. The lowest BCUT2D eigenvalue weighted by Gasteiger charge is -2.16. The number of nitrogens with zero attached hydrogens (tertiary/aromatic N) is 3. The van der Waals surface area contributed by atoms with Crippen LogP contribution in [-0.4, -0.2) is 55.3 Å². The van der Waals surface area contributed by atoms with Gasteiger partial charge in [0, 0.05) is 36.9 Å². The summed E-state index contributed by atoms with van der Waals surface area (Å²) in [6.07, 6.45) is 2.83. The molecule has 2 N–H and O–H groups in total. The topological polar surface area (TPSA) is 107 Å². The van der Waals surface area contributed by atoms with Crippen LogP contribution in [0.5, 0.6) is 11.5 Å². The third-order valence-corrected chi connectivity index (χ3v) is 5.40. The molecule has 9 nitrogen and oxygen atoms in total. The average Bonchev–Trinajstić information content (AvgIpc) is 2.83. The van der Waals surface area contributed by atoms with E-state index in [2.05, 4.69) is 27.2 Å². The molecule has 0 atom stereocenters. The standard InChI is InChI=1S/C22H23Cl2N5O4/c1-5-17(30)27-11-16-26-10-12-8-13(28-22(21(12)29-16)25-6-7-31-2)18-19(23)14(32-3)9-15(33-4)20(18)24/h5,8-10H,1,6-7,11H2,2-4H3,(H,25,28)(H,27,30). The van der Waals surface area contributed by atoms with E-state index in [0.717, 1.165) is 0 Å². The molecule has 0 radical (unpaired) electrons. The Hall–Kier alpha value is -3.14. The Morgan fingerprint density at radius 1 is 1.12 bits per heavy atom. The number of hydrogen-bond acceptors (Lipinski definition) is 8. The molecule has 11 heteroatoms. The smallest absolute Gasteiger partial charge is 0.243 e. The van der Waals surface area contributed by atoms with Crippen molar-refractivity contribution in [3.8, 4) is 22.8 Å². The van der Waals surface area contributed by atoms with Gasteiger partial charge < -0.3 is 24.8 Å². The Morgan fingerprint density at radius 2 is 1.82 bits per heavy atom. The number of rotatable bonds is 10. The number of fused-ring (bicyclic) bond motifs is 1. The number of anilines is 1. The lowest BCUT2D eigenvalue weighted by Crippen LogP contribution is -2.21. The minimum Gasteiger partial charge on any atom is -0.495 e. The van der Waals surface area contributed by atoms with E-state index in [-0.39, 0.29) is 12.5 Å². The van der Waals surface area contributed by atoms with Gasteiger partial charge in [-0.05, 0) is 12.1 Å². The molecule has 0 aliphatic rings. The van der Waals surface area contributed by atoms with Crippen molar-refractivity contribution in [3.63, 3.8) is 0 Å². The van der Waals surface area contributed by atoms with Gasteiger partial charge in [0.25, 0.3) is 0 Å². The van der Waals surface area contributed by atoms with Gasteiger partial charge in [0.2, 0.25) is 5.91 Å². The molecule has 2 heterocycles. The summed E-state index contributed by atoms with van der Waals surface area (Å²) in [7, 11) is 4.61. The van der Waals surface area contributed by atoms with Crippen LogP contribution in [0.4, 0.5) is 5.82 Å². The maximum atomic E-state index is 11.5. The number of carbonyl (C=O) groups excluding carboxylic acids is 1. The highest BCUT2D eigenvalue weighted by Gasteiger charge is 2.21. The van der Waals surface area contributed by atoms with Crippen molar-refractivity contribution < 1.29 is 19.0 Å². The van der Waals surface area contributed by atoms with Crippen LogP contribution in [0.2, 0.25) is 10.0 Å². The van der Waals surface area contributed by atoms with E-state index in [9.17, 15) is 4.79 Å². The van der Waals surface area contributed by atoms with E-state index in [1.807, 2.05) is 0 Å². The zero-order valence-electron chi connectivity index (χ0n) is 18.4. The molecule has 0 aliphatic carbocycles. The van der Waals surface area contributed by atoms with Crippen molar-refractivity contribution in [2.75, 3.05) is 39.8 Å². The highest BCUT2D eigenvalue weighted by molar-refractivity contribution is 6.41. The second-order valence-electron chi connectivity index (χ2n) is 6.71. The molecule has 0 spiro atoms. The Balaban J connectivity index is 2.16. The predicted octanol–water partition coefficient (Wildman–Crippen LogP) is 3.88. The Bertz CT molecular complexity index is 1160. The monoisotopic (exact) mass is 491 g/mol. The van der Waals surface area contributed by atoms with Crippen molar-refractivity contribution in [1.82, 2.24) is 20.3 Å². The van der Waals surface area contributed by atoms with Gasteiger partial charge >= 0.3 is 0 Å². The SMILES string of the molecule is C=CC(=O)NCc1ncc2cc(-c3c(Cl)c(OC)cc(OC)c3Cl)nc(NCCOC)c2n1.